The van der Waals surface area contributed by atoms with Gasteiger partial charge in [-0.15, -0.1) is 0 Å². The smallest absolute Gasteiger partial charge is 0.268 e. The Morgan fingerprint density at radius 1 is 1.25 bits per heavy atom. The van der Waals surface area contributed by atoms with Crippen molar-refractivity contribution in [3.05, 3.63) is 54.1 Å². The molecule has 2 aromatic rings. The van der Waals surface area contributed by atoms with Gasteiger partial charge in [0, 0.05) is 6.54 Å². The van der Waals surface area contributed by atoms with Crippen molar-refractivity contribution in [1.29, 1.82) is 0 Å². The van der Waals surface area contributed by atoms with E-state index in [1.165, 1.54) is 0 Å². The van der Waals surface area contributed by atoms with Crippen LogP contribution in [0, 0.1) is 6.92 Å². The van der Waals surface area contributed by atoms with Crippen molar-refractivity contribution < 1.29 is 19.1 Å². The van der Waals surface area contributed by atoms with Crippen molar-refractivity contribution in [1.82, 2.24) is 5.32 Å². The molecule has 0 saturated carbocycles. The van der Waals surface area contributed by atoms with Gasteiger partial charge >= 0.3 is 0 Å². The van der Waals surface area contributed by atoms with E-state index < -0.39 is 12.2 Å². The summed E-state index contributed by atoms with van der Waals surface area (Å²) in [7, 11) is 0. The van der Waals surface area contributed by atoms with E-state index in [4.69, 9.17) is 9.47 Å². The molecule has 6 heteroatoms. The third kappa shape index (κ3) is 4.44. The van der Waals surface area contributed by atoms with Gasteiger partial charge in [0.25, 0.3) is 11.8 Å². The highest BCUT2D eigenvalue weighted by atomic mass is 16.5. The standard InChI is InChI=1S/C22H26N2O4/c1-4-12-23-21(25)20-14-24(18-10-5-6-11-19(18)28-20)22(26)16(3)27-17-9-7-8-15(2)13-17/h5-11,13,16,20H,4,12,14H2,1-3H3,(H,23,25)/t16-,20+/m1/s1. The van der Waals surface area contributed by atoms with Crippen molar-refractivity contribution >= 4 is 17.5 Å². The number of hydrogen-bond donors (Lipinski definition) is 1. The highest BCUT2D eigenvalue weighted by Gasteiger charge is 2.35. The van der Waals surface area contributed by atoms with Gasteiger partial charge in [-0.1, -0.05) is 31.2 Å². The molecule has 0 unspecified atom stereocenters. The summed E-state index contributed by atoms with van der Waals surface area (Å²) in [5.41, 5.74) is 1.70. The van der Waals surface area contributed by atoms with Gasteiger partial charge in [0.2, 0.25) is 0 Å². The van der Waals surface area contributed by atoms with E-state index in [0.29, 0.717) is 23.7 Å². The van der Waals surface area contributed by atoms with E-state index in [1.54, 1.807) is 17.9 Å². The number of nitrogens with zero attached hydrogens (tertiary/aromatic N) is 1. The van der Waals surface area contributed by atoms with Gasteiger partial charge in [-0.05, 0) is 50.1 Å². The number of fused-ring (bicyclic) bond motifs is 1. The van der Waals surface area contributed by atoms with E-state index in [2.05, 4.69) is 5.32 Å². The van der Waals surface area contributed by atoms with Gasteiger partial charge in [-0.25, -0.2) is 0 Å². The molecule has 0 fully saturated rings. The number of para-hydroxylation sites is 2. The molecule has 0 aromatic heterocycles. The van der Waals surface area contributed by atoms with Gasteiger partial charge in [-0.2, -0.15) is 0 Å². The Bertz CT molecular complexity index is 852. The minimum Gasteiger partial charge on any atom is -0.481 e. The molecule has 1 heterocycles. The number of aryl methyl sites for hydroxylation is 1. The van der Waals surface area contributed by atoms with E-state index in [1.807, 2.05) is 56.3 Å². The Morgan fingerprint density at radius 3 is 2.79 bits per heavy atom. The number of amides is 2. The molecule has 1 aliphatic rings. The maximum Gasteiger partial charge on any atom is 0.268 e. The van der Waals surface area contributed by atoms with Gasteiger partial charge in [0.1, 0.15) is 11.5 Å². The highest BCUT2D eigenvalue weighted by molar-refractivity contribution is 5.99. The van der Waals surface area contributed by atoms with Crippen molar-refractivity contribution in [2.45, 2.75) is 39.4 Å². The maximum atomic E-state index is 13.1. The highest BCUT2D eigenvalue weighted by Crippen LogP contribution is 2.34. The van der Waals surface area contributed by atoms with Crippen LogP contribution in [0.3, 0.4) is 0 Å². The summed E-state index contributed by atoms with van der Waals surface area (Å²) < 4.78 is 11.7. The SMILES string of the molecule is CCCNC(=O)[C@@H]1CN(C(=O)[C@@H](C)Oc2cccc(C)c2)c2ccccc2O1. The first-order valence-electron chi connectivity index (χ1n) is 9.57. The Kier molecular flexibility index (Phi) is 6.19. The van der Waals surface area contributed by atoms with Crippen LogP contribution in [0.15, 0.2) is 48.5 Å². The second kappa shape index (κ2) is 8.78. The summed E-state index contributed by atoms with van der Waals surface area (Å²) in [5.74, 6) is 0.716. The Labute approximate surface area is 165 Å². The van der Waals surface area contributed by atoms with Crippen molar-refractivity contribution in [3.8, 4) is 11.5 Å². The third-order valence-electron chi connectivity index (χ3n) is 4.53. The maximum absolute atomic E-state index is 13.1. The van der Waals surface area contributed by atoms with E-state index >= 15 is 0 Å². The Balaban J connectivity index is 1.79. The first-order valence-corrected chi connectivity index (χ1v) is 9.57. The Hall–Kier alpha value is -3.02. The van der Waals surface area contributed by atoms with Crippen LogP contribution in [0.1, 0.15) is 25.8 Å². The van der Waals surface area contributed by atoms with Gasteiger partial charge in [-0.3, -0.25) is 9.59 Å². The summed E-state index contributed by atoms with van der Waals surface area (Å²) in [6.07, 6.45) is -0.622. The second-order valence-electron chi connectivity index (χ2n) is 6.89. The van der Waals surface area contributed by atoms with Crippen LogP contribution in [-0.2, 0) is 9.59 Å². The largest absolute Gasteiger partial charge is 0.481 e. The molecule has 0 bridgehead atoms. The van der Waals surface area contributed by atoms with Gasteiger partial charge < -0.3 is 19.7 Å². The summed E-state index contributed by atoms with van der Waals surface area (Å²) in [6, 6.07) is 14.8. The molecule has 0 saturated heterocycles. The number of nitrogens with one attached hydrogen (secondary N) is 1. The fourth-order valence-corrected chi connectivity index (χ4v) is 3.10. The molecular formula is C22H26N2O4. The number of rotatable bonds is 6. The molecule has 0 radical (unpaired) electrons. The molecule has 2 aromatic carbocycles. The lowest BCUT2D eigenvalue weighted by molar-refractivity contribution is -0.129. The summed E-state index contributed by atoms with van der Waals surface area (Å²) in [6.45, 7) is 6.39. The first-order chi connectivity index (χ1) is 13.5. The van der Waals surface area contributed by atoms with E-state index in [9.17, 15) is 9.59 Å². The van der Waals surface area contributed by atoms with E-state index in [-0.39, 0.29) is 18.4 Å². The predicted molar refractivity (Wildman–Crippen MR) is 108 cm³/mol. The molecule has 0 aliphatic carbocycles. The molecule has 3 rings (SSSR count). The number of carbonyl (C=O) groups excluding carboxylic acids is 2. The minimum atomic E-state index is -0.753. The normalized spacial score (nSPS) is 16.5. The quantitative estimate of drug-likeness (QED) is 0.834. The Morgan fingerprint density at radius 2 is 2.04 bits per heavy atom. The fourth-order valence-electron chi connectivity index (χ4n) is 3.10. The monoisotopic (exact) mass is 382 g/mol. The molecule has 6 nitrogen and oxygen atoms in total. The second-order valence-corrected chi connectivity index (χ2v) is 6.89. The lowest BCUT2D eigenvalue weighted by atomic mass is 10.1. The number of ether oxygens (including phenoxy) is 2. The van der Waals surface area contributed by atoms with Crippen LogP contribution in [0.25, 0.3) is 0 Å². The van der Waals surface area contributed by atoms with Gasteiger partial charge in [0.15, 0.2) is 12.2 Å². The third-order valence-corrected chi connectivity index (χ3v) is 4.53. The lowest BCUT2D eigenvalue weighted by Crippen LogP contribution is -2.53. The summed E-state index contributed by atoms with van der Waals surface area (Å²) in [4.78, 5) is 27.2. The molecule has 2 amide bonds. The number of anilines is 1. The number of benzene rings is 2. The molecule has 1 N–H and O–H groups in total. The molecule has 28 heavy (non-hydrogen) atoms. The molecule has 1 aliphatic heterocycles. The molecular weight excluding hydrogens is 356 g/mol. The minimum absolute atomic E-state index is 0.146. The van der Waals surface area contributed by atoms with Crippen molar-refractivity contribution in [2.24, 2.45) is 0 Å². The van der Waals surface area contributed by atoms with Crippen LogP contribution >= 0.6 is 0 Å². The van der Waals surface area contributed by atoms with Crippen LogP contribution in [-0.4, -0.2) is 37.1 Å². The van der Waals surface area contributed by atoms with Crippen molar-refractivity contribution in [2.75, 3.05) is 18.0 Å². The summed E-state index contributed by atoms with van der Waals surface area (Å²) in [5, 5.41) is 2.83. The van der Waals surface area contributed by atoms with Crippen LogP contribution in [0.2, 0.25) is 0 Å². The molecule has 148 valence electrons. The summed E-state index contributed by atoms with van der Waals surface area (Å²) >= 11 is 0. The first kappa shape index (κ1) is 19.7. The lowest BCUT2D eigenvalue weighted by Gasteiger charge is -2.35. The number of carbonyl (C=O) groups is 2. The average Bonchev–Trinajstić information content (AvgIpc) is 2.70. The zero-order valence-corrected chi connectivity index (χ0v) is 16.5. The van der Waals surface area contributed by atoms with Crippen LogP contribution in [0.5, 0.6) is 11.5 Å². The predicted octanol–water partition coefficient (Wildman–Crippen LogP) is 3.08. The molecule has 0 spiro atoms. The van der Waals surface area contributed by atoms with Crippen LogP contribution in [0.4, 0.5) is 5.69 Å². The average molecular weight is 382 g/mol. The van der Waals surface area contributed by atoms with Crippen LogP contribution < -0.4 is 19.7 Å². The topological polar surface area (TPSA) is 67.9 Å². The van der Waals surface area contributed by atoms with Gasteiger partial charge in [0.05, 0.1) is 12.2 Å². The zero-order valence-electron chi connectivity index (χ0n) is 16.5. The zero-order chi connectivity index (χ0) is 20.1. The van der Waals surface area contributed by atoms with E-state index in [0.717, 1.165) is 12.0 Å². The number of hydrogen-bond acceptors (Lipinski definition) is 4. The van der Waals surface area contributed by atoms with Crippen molar-refractivity contribution in [3.63, 3.8) is 0 Å². The fraction of sp³-hybridized carbons (Fsp3) is 0.364. The molecule has 2 atom stereocenters.